The summed E-state index contributed by atoms with van der Waals surface area (Å²) in [5.74, 6) is -2.01. The molecule has 0 spiro atoms. The predicted molar refractivity (Wildman–Crippen MR) is 81.5 cm³/mol. The number of esters is 2. The first-order valence-corrected chi connectivity index (χ1v) is 7.01. The molecule has 0 unspecified atom stereocenters. The van der Waals surface area contributed by atoms with Crippen LogP contribution in [0.3, 0.4) is 0 Å². The number of phenolic OH excluding ortho intramolecular Hbond substituents is 1. The second-order valence-electron chi connectivity index (χ2n) is 4.92. The molecule has 0 amide bonds. The summed E-state index contributed by atoms with van der Waals surface area (Å²) in [5.41, 5.74) is -1.08. The van der Waals surface area contributed by atoms with E-state index in [1.54, 1.807) is 0 Å². The summed E-state index contributed by atoms with van der Waals surface area (Å²) in [5, 5.41) is 19.8. The Kier molecular flexibility index (Phi) is 5.20. The number of aromatic hydroxyl groups is 1. The van der Waals surface area contributed by atoms with Gasteiger partial charge in [0, 0.05) is 6.42 Å². The summed E-state index contributed by atoms with van der Waals surface area (Å²) in [6.07, 6.45) is -2.09. The van der Waals surface area contributed by atoms with Crippen molar-refractivity contribution in [2.45, 2.75) is 18.9 Å². The maximum atomic E-state index is 12.6. The first-order valence-electron chi connectivity index (χ1n) is 7.01. The Morgan fingerprint density at radius 2 is 1.96 bits per heavy atom. The smallest absolute Gasteiger partial charge is 0.339 e. The Morgan fingerprint density at radius 1 is 1.25 bits per heavy atom. The van der Waals surface area contributed by atoms with Crippen molar-refractivity contribution in [2.75, 3.05) is 14.2 Å². The Morgan fingerprint density at radius 3 is 2.58 bits per heavy atom. The minimum absolute atomic E-state index is 0.0543. The highest BCUT2D eigenvalue weighted by molar-refractivity contribution is 5.85. The molecule has 1 atom stereocenters. The maximum Gasteiger partial charge on any atom is 0.339 e. The molecule has 0 aliphatic heterocycles. The number of fused-ring (bicyclic) bond motifs is 1. The number of aliphatic hydroxyl groups is 1. The number of aliphatic hydroxyl groups excluding tert-OH is 1. The van der Waals surface area contributed by atoms with Crippen molar-refractivity contribution >= 4 is 22.9 Å². The average molecular weight is 336 g/mol. The van der Waals surface area contributed by atoms with Gasteiger partial charge in [-0.3, -0.25) is 9.59 Å². The lowest BCUT2D eigenvalue weighted by Crippen LogP contribution is -2.24. The molecule has 0 aliphatic carbocycles. The molecule has 2 aromatic rings. The zero-order chi connectivity index (χ0) is 17.9. The normalized spacial score (nSPS) is 12.0. The van der Waals surface area contributed by atoms with Gasteiger partial charge in [0.25, 0.3) is 0 Å². The lowest BCUT2D eigenvalue weighted by Gasteiger charge is -2.13. The molecule has 0 aliphatic rings. The van der Waals surface area contributed by atoms with E-state index in [1.165, 1.54) is 25.3 Å². The molecule has 0 saturated heterocycles. The Bertz CT molecular complexity index is 836. The van der Waals surface area contributed by atoms with Gasteiger partial charge in [-0.15, -0.1) is 0 Å². The fraction of sp³-hybridized carbons (Fsp3) is 0.312. The number of benzene rings is 1. The highest BCUT2D eigenvalue weighted by Gasteiger charge is 2.28. The maximum absolute atomic E-state index is 12.6. The number of carbonyl (C=O) groups is 2. The van der Waals surface area contributed by atoms with E-state index < -0.39 is 23.5 Å². The molecule has 8 nitrogen and oxygen atoms in total. The van der Waals surface area contributed by atoms with Crippen LogP contribution in [-0.2, 0) is 25.5 Å². The van der Waals surface area contributed by atoms with Gasteiger partial charge in [-0.1, -0.05) is 6.07 Å². The molecule has 0 saturated carbocycles. The zero-order valence-electron chi connectivity index (χ0n) is 13.1. The highest BCUT2D eigenvalue weighted by atomic mass is 16.5. The third-order valence-electron chi connectivity index (χ3n) is 3.49. The van der Waals surface area contributed by atoms with Crippen molar-refractivity contribution in [3.05, 3.63) is 39.7 Å². The van der Waals surface area contributed by atoms with Crippen molar-refractivity contribution in [3.8, 4) is 5.75 Å². The van der Waals surface area contributed by atoms with E-state index in [1.807, 2.05) is 0 Å². The van der Waals surface area contributed by atoms with Gasteiger partial charge in [0.05, 0.1) is 26.2 Å². The van der Waals surface area contributed by atoms with Gasteiger partial charge in [0.1, 0.15) is 22.5 Å². The zero-order valence-corrected chi connectivity index (χ0v) is 13.1. The summed E-state index contributed by atoms with van der Waals surface area (Å²) in [6, 6.07) is 4.20. The molecule has 1 heterocycles. The number of phenols is 1. The van der Waals surface area contributed by atoms with Gasteiger partial charge < -0.3 is 24.1 Å². The SMILES string of the molecule is COC(=O)CCc1oc2cccc(O)c2c(=O)c1[C@H](O)C(=O)OC. The quantitative estimate of drug-likeness (QED) is 0.769. The molecule has 24 heavy (non-hydrogen) atoms. The first kappa shape index (κ1) is 17.5. The highest BCUT2D eigenvalue weighted by Crippen LogP contribution is 2.27. The number of rotatable bonds is 5. The number of hydrogen-bond acceptors (Lipinski definition) is 8. The number of carbonyl (C=O) groups excluding carboxylic acids is 2. The molecule has 2 rings (SSSR count). The standard InChI is InChI=1S/C16H16O8/c1-22-11(18)7-6-10-13(15(20)16(21)23-2)14(19)12-8(17)4-3-5-9(12)24-10/h3-5,15,17,20H,6-7H2,1-2H3/t15-/m0/s1. The van der Waals surface area contributed by atoms with E-state index in [0.29, 0.717) is 0 Å². The van der Waals surface area contributed by atoms with Crippen LogP contribution in [0.5, 0.6) is 5.75 Å². The lowest BCUT2D eigenvalue weighted by molar-refractivity contribution is -0.150. The molecule has 1 aromatic heterocycles. The van der Waals surface area contributed by atoms with Crippen LogP contribution in [0.15, 0.2) is 27.4 Å². The lowest BCUT2D eigenvalue weighted by atomic mass is 10.0. The minimum Gasteiger partial charge on any atom is -0.507 e. The summed E-state index contributed by atoms with van der Waals surface area (Å²) in [7, 11) is 2.26. The number of aryl methyl sites for hydroxylation is 1. The van der Waals surface area contributed by atoms with Crippen molar-refractivity contribution in [1.82, 2.24) is 0 Å². The molecule has 2 N–H and O–H groups in total. The van der Waals surface area contributed by atoms with Gasteiger partial charge in [-0.2, -0.15) is 0 Å². The topological polar surface area (TPSA) is 123 Å². The monoisotopic (exact) mass is 336 g/mol. The minimum atomic E-state index is -1.90. The number of methoxy groups -OCH3 is 2. The second-order valence-corrected chi connectivity index (χ2v) is 4.92. The predicted octanol–water partition coefficient (Wildman–Crippen LogP) is 0.811. The second kappa shape index (κ2) is 7.14. The van der Waals surface area contributed by atoms with Crippen LogP contribution in [0.1, 0.15) is 23.8 Å². The molecule has 8 heteroatoms. The van der Waals surface area contributed by atoms with Gasteiger partial charge in [0.15, 0.2) is 6.10 Å². The van der Waals surface area contributed by atoms with Crippen LogP contribution in [0.25, 0.3) is 11.0 Å². The van der Waals surface area contributed by atoms with Gasteiger partial charge in [0.2, 0.25) is 5.43 Å². The number of ether oxygens (including phenoxy) is 2. The van der Waals surface area contributed by atoms with Crippen LogP contribution >= 0.6 is 0 Å². The molecule has 1 aromatic carbocycles. The van der Waals surface area contributed by atoms with Gasteiger partial charge in [-0.05, 0) is 12.1 Å². The molecular formula is C16H16O8. The van der Waals surface area contributed by atoms with Crippen molar-refractivity contribution < 1.29 is 33.7 Å². The Balaban J connectivity index is 2.66. The van der Waals surface area contributed by atoms with Crippen molar-refractivity contribution in [3.63, 3.8) is 0 Å². The summed E-state index contributed by atoms with van der Waals surface area (Å²) < 4.78 is 14.5. The Hall–Kier alpha value is -2.87. The summed E-state index contributed by atoms with van der Waals surface area (Å²) in [6.45, 7) is 0. The Labute approximate surface area is 136 Å². The average Bonchev–Trinajstić information content (AvgIpc) is 2.58. The van der Waals surface area contributed by atoms with E-state index in [0.717, 1.165) is 7.11 Å². The third-order valence-corrected chi connectivity index (χ3v) is 3.49. The van der Waals surface area contributed by atoms with Crippen LogP contribution in [0, 0.1) is 0 Å². The van der Waals surface area contributed by atoms with Crippen LogP contribution in [0.2, 0.25) is 0 Å². The van der Waals surface area contributed by atoms with Gasteiger partial charge in [-0.25, -0.2) is 4.79 Å². The molecule has 128 valence electrons. The largest absolute Gasteiger partial charge is 0.507 e. The third kappa shape index (κ3) is 3.23. The fourth-order valence-electron chi connectivity index (χ4n) is 2.29. The fourth-order valence-corrected chi connectivity index (χ4v) is 2.29. The van der Waals surface area contributed by atoms with Crippen LogP contribution < -0.4 is 5.43 Å². The van der Waals surface area contributed by atoms with Crippen molar-refractivity contribution in [2.24, 2.45) is 0 Å². The van der Waals surface area contributed by atoms with Gasteiger partial charge >= 0.3 is 11.9 Å². The summed E-state index contributed by atoms with van der Waals surface area (Å²) in [4.78, 5) is 35.6. The molecular weight excluding hydrogens is 320 g/mol. The number of hydrogen-bond donors (Lipinski definition) is 2. The van der Waals surface area contributed by atoms with Crippen LogP contribution in [-0.4, -0.2) is 36.4 Å². The van der Waals surface area contributed by atoms with E-state index in [4.69, 9.17) is 4.42 Å². The molecule has 0 radical (unpaired) electrons. The molecule has 0 bridgehead atoms. The summed E-state index contributed by atoms with van der Waals surface area (Å²) >= 11 is 0. The van der Waals surface area contributed by atoms with E-state index in [9.17, 15) is 24.6 Å². The van der Waals surface area contributed by atoms with E-state index >= 15 is 0 Å². The van der Waals surface area contributed by atoms with E-state index in [-0.39, 0.29) is 40.9 Å². The first-order chi connectivity index (χ1) is 11.4. The van der Waals surface area contributed by atoms with Crippen LogP contribution in [0.4, 0.5) is 0 Å². The molecule has 0 fully saturated rings. The van der Waals surface area contributed by atoms with E-state index in [2.05, 4.69) is 9.47 Å². The van der Waals surface area contributed by atoms with Crippen molar-refractivity contribution in [1.29, 1.82) is 0 Å².